The predicted molar refractivity (Wildman–Crippen MR) is 93.5 cm³/mol. The zero-order valence-corrected chi connectivity index (χ0v) is 13.8. The molecule has 0 saturated heterocycles. The van der Waals surface area contributed by atoms with Gasteiger partial charge in [-0.05, 0) is 37.1 Å². The fourth-order valence-corrected chi connectivity index (χ4v) is 2.88. The molecule has 1 amide bonds. The summed E-state index contributed by atoms with van der Waals surface area (Å²) in [5.74, 6) is 1.12. The summed E-state index contributed by atoms with van der Waals surface area (Å²) >= 11 is 0. The quantitative estimate of drug-likeness (QED) is 0.879. The van der Waals surface area contributed by atoms with Crippen molar-refractivity contribution in [3.63, 3.8) is 0 Å². The molecule has 0 bridgehead atoms. The monoisotopic (exact) mass is 326 g/mol. The van der Waals surface area contributed by atoms with Crippen molar-refractivity contribution < 1.29 is 9.53 Å². The van der Waals surface area contributed by atoms with E-state index in [0.717, 1.165) is 5.82 Å². The zero-order chi connectivity index (χ0) is 16.8. The maximum absolute atomic E-state index is 12.2. The summed E-state index contributed by atoms with van der Waals surface area (Å²) in [7, 11) is 1.59. The number of benzene rings is 1. The Morgan fingerprint density at radius 3 is 2.67 bits per heavy atom. The third kappa shape index (κ3) is 4.22. The van der Waals surface area contributed by atoms with E-state index in [0.29, 0.717) is 17.5 Å². The van der Waals surface area contributed by atoms with Gasteiger partial charge in [0.2, 0.25) is 0 Å². The SMILES string of the molecule is COc1cccc(NC(=O)c2ccc(NC3CCCCC3)nn2)c1. The second-order valence-electron chi connectivity index (χ2n) is 5.97. The molecule has 126 valence electrons. The third-order valence-corrected chi connectivity index (χ3v) is 4.18. The summed E-state index contributed by atoms with van der Waals surface area (Å²) in [6, 6.07) is 11.1. The highest BCUT2D eigenvalue weighted by molar-refractivity contribution is 6.02. The maximum atomic E-state index is 12.2. The van der Waals surface area contributed by atoms with E-state index in [4.69, 9.17) is 4.74 Å². The van der Waals surface area contributed by atoms with Crippen LogP contribution in [-0.2, 0) is 0 Å². The molecular formula is C18H22N4O2. The van der Waals surface area contributed by atoms with Gasteiger partial charge in [0.15, 0.2) is 5.69 Å². The number of hydrogen-bond donors (Lipinski definition) is 2. The van der Waals surface area contributed by atoms with Gasteiger partial charge in [0.25, 0.3) is 5.91 Å². The van der Waals surface area contributed by atoms with E-state index in [-0.39, 0.29) is 11.6 Å². The van der Waals surface area contributed by atoms with Crippen molar-refractivity contribution in [3.8, 4) is 5.75 Å². The highest BCUT2D eigenvalue weighted by Gasteiger charge is 2.14. The molecule has 0 spiro atoms. The molecule has 1 aliphatic rings. The molecule has 2 N–H and O–H groups in total. The molecule has 1 saturated carbocycles. The number of amides is 1. The van der Waals surface area contributed by atoms with Crippen molar-refractivity contribution in [1.82, 2.24) is 10.2 Å². The molecule has 0 radical (unpaired) electrons. The van der Waals surface area contributed by atoms with Crippen molar-refractivity contribution in [1.29, 1.82) is 0 Å². The Balaban J connectivity index is 1.60. The number of ether oxygens (including phenoxy) is 1. The van der Waals surface area contributed by atoms with Crippen molar-refractivity contribution in [2.24, 2.45) is 0 Å². The number of aromatic nitrogens is 2. The van der Waals surface area contributed by atoms with Gasteiger partial charge in [-0.1, -0.05) is 25.3 Å². The average Bonchev–Trinajstić information content (AvgIpc) is 2.63. The first-order chi connectivity index (χ1) is 11.7. The van der Waals surface area contributed by atoms with Crippen LogP contribution in [0.5, 0.6) is 5.75 Å². The van der Waals surface area contributed by atoms with Crippen LogP contribution < -0.4 is 15.4 Å². The molecule has 1 fully saturated rings. The van der Waals surface area contributed by atoms with Crippen molar-refractivity contribution >= 4 is 17.4 Å². The standard InChI is InChI=1S/C18H22N4O2/c1-24-15-9-5-8-14(12-15)20-18(23)16-10-11-17(22-21-16)19-13-6-3-2-4-7-13/h5,8-13H,2-4,6-7H2,1H3,(H,19,22)(H,20,23). The molecule has 1 heterocycles. The molecule has 2 aromatic rings. The van der Waals surface area contributed by atoms with E-state index < -0.39 is 0 Å². The Morgan fingerprint density at radius 2 is 1.96 bits per heavy atom. The van der Waals surface area contributed by atoms with Crippen LogP contribution in [0.15, 0.2) is 36.4 Å². The minimum atomic E-state index is -0.292. The number of methoxy groups -OCH3 is 1. The second kappa shape index (κ2) is 7.77. The Morgan fingerprint density at radius 1 is 1.12 bits per heavy atom. The van der Waals surface area contributed by atoms with E-state index in [1.807, 2.05) is 18.2 Å². The number of nitrogens with zero attached hydrogens (tertiary/aromatic N) is 2. The maximum Gasteiger partial charge on any atom is 0.276 e. The molecule has 0 unspecified atom stereocenters. The van der Waals surface area contributed by atoms with E-state index in [1.165, 1.54) is 32.1 Å². The molecule has 6 nitrogen and oxygen atoms in total. The number of anilines is 2. The lowest BCUT2D eigenvalue weighted by Crippen LogP contribution is -2.23. The first-order valence-electron chi connectivity index (χ1n) is 8.30. The number of carbonyl (C=O) groups excluding carboxylic acids is 1. The lowest BCUT2D eigenvalue weighted by molar-refractivity contribution is 0.102. The van der Waals surface area contributed by atoms with Crippen molar-refractivity contribution in [3.05, 3.63) is 42.1 Å². The lowest BCUT2D eigenvalue weighted by Gasteiger charge is -2.22. The van der Waals surface area contributed by atoms with Gasteiger partial charge in [-0.2, -0.15) is 0 Å². The molecule has 0 atom stereocenters. The van der Waals surface area contributed by atoms with Gasteiger partial charge in [0, 0.05) is 17.8 Å². The Labute approximate surface area is 141 Å². The first kappa shape index (κ1) is 16.2. The molecule has 24 heavy (non-hydrogen) atoms. The van der Waals surface area contributed by atoms with Gasteiger partial charge in [-0.3, -0.25) is 4.79 Å². The topological polar surface area (TPSA) is 76.1 Å². The smallest absolute Gasteiger partial charge is 0.276 e. The Hall–Kier alpha value is -2.63. The molecule has 3 rings (SSSR count). The first-order valence-corrected chi connectivity index (χ1v) is 8.30. The Bertz CT molecular complexity index is 682. The highest BCUT2D eigenvalue weighted by Crippen LogP contribution is 2.21. The molecule has 6 heteroatoms. The number of carbonyl (C=O) groups is 1. The minimum Gasteiger partial charge on any atom is -0.497 e. The lowest BCUT2D eigenvalue weighted by atomic mass is 9.95. The fourth-order valence-electron chi connectivity index (χ4n) is 2.88. The van der Waals surface area contributed by atoms with Crippen LogP contribution in [0.25, 0.3) is 0 Å². The van der Waals surface area contributed by atoms with Gasteiger partial charge >= 0.3 is 0 Å². The predicted octanol–water partition coefficient (Wildman–Crippen LogP) is 3.48. The minimum absolute atomic E-state index is 0.284. The van der Waals surface area contributed by atoms with Gasteiger partial charge in [-0.25, -0.2) is 0 Å². The second-order valence-corrected chi connectivity index (χ2v) is 5.97. The Kier molecular flexibility index (Phi) is 5.25. The summed E-state index contributed by atoms with van der Waals surface area (Å²) < 4.78 is 5.14. The molecule has 1 aromatic carbocycles. The normalized spacial score (nSPS) is 14.9. The summed E-state index contributed by atoms with van der Waals surface area (Å²) in [6.07, 6.45) is 6.16. The average molecular weight is 326 g/mol. The van der Waals surface area contributed by atoms with Crippen LogP contribution in [0.1, 0.15) is 42.6 Å². The van der Waals surface area contributed by atoms with E-state index in [1.54, 1.807) is 25.3 Å². The van der Waals surface area contributed by atoms with Crippen molar-refractivity contribution in [2.45, 2.75) is 38.1 Å². The summed E-state index contributed by atoms with van der Waals surface area (Å²) in [4.78, 5) is 12.2. The largest absolute Gasteiger partial charge is 0.497 e. The molecule has 1 aliphatic carbocycles. The van der Waals surface area contributed by atoms with Crippen LogP contribution in [0.3, 0.4) is 0 Å². The summed E-state index contributed by atoms with van der Waals surface area (Å²) in [5, 5.41) is 14.3. The summed E-state index contributed by atoms with van der Waals surface area (Å²) in [6.45, 7) is 0. The van der Waals surface area contributed by atoms with Gasteiger partial charge < -0.3 is 15.4 Å². The zero-order valence-electron chi connectivity index (χ0n) is 13.8. The number of rotatable bonds is 5. The van der Waals surface area contributed by atoms with E-state index in [2.05, 4.69) is 20.8 Å². The van der Waals surface area contributed by atoms with E-state index in [9.17, 15) is 4.79 Å². The van der Waals surface area contributed by atoms with Crippen LogP contribution in [0.4, 0.5) is 11.5 Å². The van der Waals surface area contributed by atoms with Crippen molar-refractivity contribution in [2.75, 3.05) is 17.7 Å². The van der Waals surface area contributed by atoms with Crippen LogP contribution in [-0.4, -0.2) is 29.3 Å². The van der Waals surface area contributed by atoms with Gasteiger partial charge in [0.05, 0.1) is 7.11 Å². The molecular weight excluding hydrogens is 304 g/mol. The molecule has 0 aliphatic heterocycles. The van der Waals surface area contributed by atoms with Crippen LogP contribution in [0, 0.1) is 0 Å². The number of nitrogens with one attached hydrogen (secondary N) is 2. The van der Waals surface area contributed by atoms with Crippen LogP contribution >= 0.6 is 0 Å². The third-order valence-electron chi connectivity index (χ3n) is 4.18. The number of hydrogen-bond acceptors (Lipinski definition) is 5. The molecule has 1 aromatic heterocycles. The van der Waals surface area contributed by atoms with Crippen LogP contribution in [0.2, 0.25) is 0 Å². The van der Waals surface area contributed by atoms with Gasteiger partial charge in [-0.15, -0.1) is 10.2 Å². The highest BCUT2D eigenvalue weighted by atomic mass is 16.5. The van der Waals surface area contributed by atoms with Gasteiger partial charge in [0.1, 0.15) is 11.6 Å². The fraction of sp³-hybridized carbons (Fsp3) is 0.389. The summed E-state index contributed by atoms with van der Waals surface area (Å²) in [5.41, 5.74) is 0.942. The van der Waals surface area contributed by atoms with E-state index >= 15 is 0 Å².